The number of carbonyl (C=O) groups excluding carboxylic acids is 1. The number of aromatic amines is 1. The Morgan fingerprint density at radius 3 is 2.89 bits per heavy atom. The van der Waals surface area contributed by atoms with Crippen LogP contribution >= 0.6 is 11.3 Å². The van der Waals surface area contributed by atoms with Crippen LogP contribution < -0.4 is 5.32 Å². The highest BCUT2D eigenvalue weighted by Gasteiger charge is 2.12. The van der Waals surface area contributed by atoms with E-state index in [4.69, 9.17) is 0 Å². The first-order valence-electron chi connectivity index (χ1n) is 5.85. The summed E-state index contributed by atoms with van der Waals surface area (Å²) in [5, 5.41) is 10.6. The number of nitrogens with one attached hydrogen (secondary N) is 2. The van der Waals surface area contributed by atoms with Gasteiger partial charge in [0.2, 0.25) is 5.91 Å². The van der Waals surface area contributed by atoms with Crippen molar-refractivity contribution in [3.63, 3.8) is 0 Å². The molecule has 0 aliphatic rings. The lowest BCUT2D eigenvalue weighted by Gasteiger charge is -2.03. The highest BCUT2D eigenvalue weighted by molar-refractivity contribution is 7.11. The zero-order valence-corrected chi connectivity index (χ0v) is 11.5. The van der Waals surface area contributed by atoms with Gasteiger partial charge in [-0.15, -0.1) is 11.3 Å². The lowest BCUT2D eigenvalue weighted by Crippen LogP contribution is -2.15. The quantitative estimate of drug-likeness (QED) is 0.889. The molecule has 0 aromatic carbocycles. The van der Waals surface area contributed by atoms with Crippen molar-refractivity contribution in [1.82, 2.24) is 15.2 Å². The Hall–Kier alpha value is -1.69. The molecule has 1 amide bonds. The van der Waals surface area contributed by atoms with E-state index in [2.05, 4.69) is 20.5 Å². The normalized spacial score (nSPS) is 10.6. The van der Waals surface area contributed by atoms with E-state index in [-0.39, 0.29) is 5.91 Å². The van der Waals surface area contributed by atoms with Crippen LogP contribution in [0.2, 0.25) is 0 Å². The summed E-state index contributed by atoms with van der Waals surface area (Å²) >= 11 is 1.57. The average Bonchev–Trinajstić information content (AvgIpc) is 2.86. The molecule has 0 unspecified atom stereocenters. The third-order valence-corrected chi connectivity index (χ3v) is 3.76. The van der Waals surface area contributed by atoms with Crippen LogP contribution in [-0.4, -0.2) is 21.1 Å². The Labute approximate surface area is 110 Å². The molecule has 0 aliphatic carbocycles. The number of hydrogen-bond donors (Lipinski definition) is 2. The van der Waals surface area contributed by atoms with E-state index >= 15 is 0 Å². The van der Waals surface area contributed by atoms with Gasteiger partial charge in [0.05, 0.1) is 23.3 Å². The molecular formula is C12H16N4OS. The van der Waals surface area contributed by atoms with Crippen LogP contribution in [0, 0.1) is 13.8 Å². The fraction of sp³-hybridized carbons (Fsp3) is 0.417. The summed E-state index contributed by atoms with van der Waals surface area (Å²) < 4.78 is 0. The molecular weight excluding hydrogens is 248 g/mol. The van der Waals surface area contributed by atoms with Crippen molar-refractivity contribution in [2.24, 2.45) is 0 Å². The van der Waals surface area contributed by atoms with Gasteiger partial charge < -0.3 is 5.32 Å². The minimum atomic E-state index is -0.0410. The van der Waals surface area contributed by atoms with Gasteiger partial charge in [0.15, 0.2) is 0 Å². The smallest absolute Gasteiger partial charge is 0.230 e. The van der Waals surface area contributed by atoms with Crippen molar-refractivity contribution >= 4 is 23.1 Å². The average molecular weight is 264 g/mol. The summed E-state index contributed by atoms with van der Waals surface area (Å²) in [6.45, 7) is 5.90. The van der Waals surface area contributed by atoms with E-state index in [1.165, 1.54) is 0 Å². The van der Waals surface area contributed by atoms with E-state index in [1.54, 1.807) is 17.5 Å². The predicted molar refractivity (Wildman–Crippen MR) is 71.9 cm³/mol. The summed E-state index contributed by atoms with van der Waals surface area (Å²) in [5.41, 5.74) is 1.95. The van der Waals surface area contributed by atoms with Crippen LogP contribution in [-0.2, 0) is 17.6 Å². The second kappa shape index (κ2) is 5.30. The molecule has 0 spiro atoms. The first kappa shape index (κ1) is 12.8. The maximum absolute atomic E-state index is 11.9. The SMILES string of the molecule is CCc1cn[nH]c1NC(=O)Cc1sc(C)nc1C. The summed E-state index contributed by atoms with van der Waals surface area (Å²) in [4.78, 5) is 17.3. The van der Waals surface area contributed by atoms with Gasteiger partial charge in [0.1, 0.15) is 5.82 Å². The van der Waals surface area contributed by atoms with E-state index in [0.29, 0.717) is 12.2 Å². The minimum Gasteiger partial charge on any atom is -0.311 e. The molecule has 96 valence electrons. The van der Waals surface area contributed by atoms with E-state index in [0.717, 1.165) is 27.6 Å². The molecule has 0 fully saturated rings. The molecule has 0 aliphatic heterocycles. The van der Waals surface area contributed by atoms with Crippen molar-refractivity contribution in [2.75, 3.05) is 5.32 Å². The molecule has 18 heavy (non-hydrogen) atoms. The topological polar surface area (TPSA) is 70.7 Å². The second-order valence-corrected chi connectivity index (χ2v) is 5.38. The Morgan fingerprint density at radius 2 is 2.28 bits per heavy atom. The van der Waals surface area contributed by atoms with Crippen molar-refractivity contribution in [3.8, 4) is 0 Å². The number of nitrogens with zero attached hydrogens (tertiary/aromatic N) is 2. The van der Waals surface area contributed by atoms with Gasteiger partial charge in [-0.2, -0.15) is 5.10 Å². The van der Waals surface area contributed by atoms with Crippen LogP contribution in [0.3, 0.4) is 0 Å². The first-order valence-corrected chi connectivity index (χ1v) is 6.66. The van der Waals surface area contributed by atoms with Crippen molar-refractivity contribution in [3.05, 3.63) is 27.3 Å². The summed E-state index contributed by atoms with van der Waals surface area (Å²) in [5.74, 6) is 0.655. The number of anilines is 1. The van der Waals surface area contributed by atoms with Crippen LogP contribution in [0.1, 0.15) is 28.1 Å². The van der Waals surface area contributed by atoms with Crippen molar-refractivity contribution in [2.45, 2.75) is 33.6 Å². The van der Waals surface area contributed by atoms with Gasteiger partial charge in [0.25, 0.3) is 0 Å². The van der Waals surface area contributed by atoms with Crippen molar-refractivity contribution < 1.29 is 4.79 Å². The first-order chi connectivity index (χ1) is 8.60. The van der Waals surface area contributed by atoms with Gasteiger partial charge in [-0.05, 0) is 20.3 Å². The molecule has 0 radical (unpaired) electrons. The molecule has 0 saturated heterocycles. The number of carbonyl (C=O) groups is 1. The van der Waals surface area contributed by atoms with Crippen LogP contribution in [0.15, 0.2) is 6.20 Å². The predicted octanol–water partition coefficient (Wildman–Crippen LogP) is 2.23. The molecule has 2 aromatic rings. The van der Waals surface area contributed by atoms with Gasteiger partial charge in [0, 0.05) is 10.4 Å². The fourth-order valence-corrected chi connectivity index (χ4v) is 2.69. The third kappa shape index (κ3) is 2.76. The minimum absolute atomic E-state index is 0.0410. The monoisotopic (exact) mass is 264 g/mol. The number of rotatable bonds is 4. The van der Waals surface area contributed by atoms with E-state index in [9.17, 15) is 4.79 Å². The number of H-pyrrole nitrogens is 1. The Bertz CT molecular complexity index is 558. The number of thiazole rings is 1. The zero-order chi connectivity index (χ0) is 13.1. The summed E-state index contributed by atoms with van der Waals surface area (Å²) in [6, 6.07) is 0. The number of hydrogen-bond acceptors (Lipinski definition) is 4. The van der Waals surface area contributed by atoms with Gasteiger partial charge in [-0.1, -0.05) is 6.92 Å². The largest absolute Gasteiger partial charge is 0.311 e. The Kier molecular flexibility index (Phi) is 3.76. The Balaban J connectivity index is 2.03. The van der Waals surface area contributed by atoms with E-state index in [1.807, 2.05) is 20.8 Å². The molecule has 0 atom stereocenters. The molecule has 2 heterocycles. The standard InChI is InChI=1S/C12H16N4OS/c1-4-9-6-13-16-12(9)15-11(17)5-10-7(2)14-8(3)18-10/h6H,4-5H2,1-3H3,(H2,13,15,16,17). The van der Waals surface area contributed by atoms with Gasteiger partial charge >= 0.3 is 0 Å². The molecule has 2 N–H and O–H groups in total. The third-order valence-electron chi connectivity index (χ3n) is 2.68. The highest BCUT2D eigenvalue weighted by Crippen LogP contribution is 2.18. The fourth-order valence-electron chi connectivity index (χ4n) is 1.75. The summed E-state index contributed by atoms with van der Waals surface area (Å²) in [6.07, 6.45) is 2.93. The molecule has 0 saturated carbocycles. The molecule has 5 nitrogen and oxygen atoms in total. The van der Waals surface area contributed by atoms with Crippen LogP contribution in [0.25, 0.3) is 0 Å². The molecule has 2 rings (SSSR count). The maximum Gasteiger partial charge on any atom is 0.230 e. The number of aromatic nitrogens is 3. The lowest BCUT2D eigenvalue weighted by molar-refractivity contribution is -0.115. The maximum atomic E-state index is 11.9. The van der Waals surface area contributed by atoms with Gasteiger partial charge in [-0.3, -0.25) is 9.89 Å². The highest BCUT2D eigenvalue weighted by atomic mass is 32.1. The zero-order valence-electron chi connectivity index (χ0n) is 10.7. The second-order valence-electron chi connectivity index (χ2n) is 4.09. The summed E-state index contributed by atoms with van der Waals surface area (Å²) in [7, 11) is 0. The van der Waals surface area contributed by atoms with Crippen LogP contribution in [0.4, 0.5) is 5.82 Å². The Morgan fingerprint density at radius 1 is 1.50 bits per heavy atom. The molecule has 6 heteroatoms. The van der Waals surface area contributed by atoms with Crippen molar-refractivity contribution in [1.29, 1.82) is 0 Å². The lowest BCUT2D eigenvalue weighted by atomic mass is 10.2. The molecule has 2 aromatic heterocycles. The number of amides is 1. The number of aryl methyl sites for hydroxylation is 3. The van der Waals surface area contributed by atoms with E-state index < -0.39 is 0 Å². The van der Waals surface area contributed by atoms with Crippen LogP contribution in [0.5, 0.6) is 0 Å². The van der Waals surface area contributed by atoms with Gasteiger partial charge in [-0.25, -0.2) is 4.98 Å². The molecule has 0 bridgehead atoms.